The molecule has 0 aliphatic carbocycles. The zero-order valence-corrected chi connectivity index (χ0v) is 12.0. The maximum absolute atomic E-state index is 12.1. The molecule has 1 aromatic rings. The lowest BCUT2D eigenvalue weighted by Crippen LogP contribution is -2.33. The van der Waals surface area contributed by atoms with Gasteiger partial charge in [0.2, 0.25) is 0 Å². The van der Waals surface area contributed by atoms with Gasteiger partial charge in [-0.3, -0.25) is 14.9 Å². The molecule has 0 radical (unpaired) electrons. The molecule has 8 nitrogen and oxygen atoms in total. The van der Waals surface area contributed by atoms with Crippen molar-refractivity contribution in [2.75, 3.05) is 38.5 Å². The van der Waals surface area contributed by atoms with Crippen LogP contribution in [0.25, 0.3) is 0 Å². The molecule has 8 heteroatoms. The standard InChI is InChI=1S/C13H19N5O3/c1-14-12-8-10(11(9-16-12)18(20)21)13(19)15-4-7-17-5-2-3-6-17/h8-9H,2-7H2,1H3,(H,14,16)(H,15,19). The normalized spacial score (nSPS) is 14.9. The van der Waals surface area contributed by atoms with Crippen LogP contribution in [0.2, 0.25) is 0 Å². The predicted octanol–water partition coefficient (Wildman–Crippen LogP) is 0.857. The van der Waals surface area contributed by atoms with Crippen molar-refractivity contribution in [2.24, 2.45) is 0 Å². The van der Waals surface area contributed by atoms with Gasteiger partial charge in [0.05, 0.1) is 4.92 Å². The first-order chi connectivity index (χ1) is 10.1. The summed E-state index contributed by atoms with van der Waals surface area (Å²) in [5, 5.41) is 16.5. The second-order valence-corrected chi connectivity index (χ2v) is 4.90. The van der Waals surface area contributed by atoms with Crippen molar-refractivity contribution in [3.8, 4) is 0 Å². The fourth-order valence-electron chi connectivity index (χ4n) is 2.34. The molecule has 1 amide bonds. The number of pyridine rings is 1. The molecule has 0 aromatic carbocycles. The zero-order valence-electron chi connectivity index (χ0n) is 12.0. The van der Waals surface area contributed by atoms with Crippen LogP contribution in [-0.2, 0) is 0 Å². The van der Waals surface area contributed by atoms with E-state index < -0.39 is 10.8 Å². The topological polar surface area (TPSA) is 100 Å². The molecule has 1 fully saturated rings. The Hall–Kier alpha value is -2.22. The van der Waals surface area contributed by atoms with Crippen LogP contribution in [0.3, 0.4) is 0 Å². The molecule has 1 aliphatic heterocycles. The summed E-state index contributed by atoms with van der Waals surface area (Å²) in [5.74, 6) is -0.0231. The highest BCUT2D eigenvalue weighted by molar-refractivity contribution is 5.98. The number of hydrogen-bond donors (Lipinski definition) is 2. The number of hydrogen-bond acceptors (Lipinski definition) is 6. The lowest BCUT2D eigenvalue weighted by atomic mass is 10.2. The molecule has 1 aromatic heterocycles. The Morgan fingerprint density at radius 1 is 1.48 bits per heavy atom. The minimum absolute atomic E-state index is 0.0285. The summed E-state index contributed by atoms with van der Waals surface area (Å²) < 4.78 is 0. The Balaban J connectivity index is 2.00. The van der Waals surface area contributed by atoms with Crippen molar-refractivity contribution in [1.29, 1.82) is 0 Å². The first-order valence-corrected chi connectivity index (χ1v) is 6.94. The Labute approximate surface area is 122 Å². The highest BCUT2D eigenvalue weighted by atomic mass is 16.6. The number of anilines is 1. The molecular weight excluding hydrogens is 274 g/mol. The quantitative estimate of drug-likeness (QED) is 0.596. The largest absolute Gasteiger partial charge is 0.373 e. The SMILES string of the molecule is CNc1cc(C(=O)NCCN2CCCC2)c([N+](=O)[O-])cn1. The number of carbonyl (C=O) groups is 1. The van der Waals surface area contributed by atoms with Crippen LogP contribution in [-0.4, -0.2) is 53.9 Å². The Bertz CT molecular complexity index is 529. The van der Waals surface area contributed by atoms with E-state index in [1.54, 1.807) is 7.05 Å². The fraction of sp³-hybridized carbons (Fsp3) is 0.538. The molecule has 0 bridgehead atoms. The van der Waals surface area contributed by atoms with Crippen molar-refractivity contribution in [1.82, 2.24) is 15.2 Å². The van der Waals surface area contributed by atoms with E-state index in [9.17, 15) is 14.9 Å². The number of rotatable bonds is 6. The number of nitrogens with zero attached hydrogens (tertiary/aromatic N) is 3. The van der Waals surface area contributed by atoms with E-state index in [-0.39, 0.29) is 11.3 Å². The van der Waals surface area contributed by atoms with E-state index in [0.29, 0.717) is 12.4 Å². The summed E-state index contributed by atoms with van der Waals surface area (Å²) in [5.41, 5.74) is -0.256. The Kier molecular flexibility index (Phi) is 5.04. The summed E-state index contributed by atoms with van der Waals surface area (Å²) in [6, 6.07) is 1.39. The maximum atomic E-state index is 12.1. The van der Waals surface area contributed by atoms with Gasteiger partial charge in [0.15, 0.2) is 0 Å². The molecular formula is C13H19N5O3. The van der Waals surface area contributed by atoms with Gasteiger partial charge in [-0.25, -0.2) is 4.98 Å². The van der Waals surface area contributed by atoms with Crippen molar-refractivity contribution >= 4 is 17.4 Å². The maximum Gasteiger partial charge on any atom is 0.300 e. The number of amides is 1. The van der Waals surface area contributed by atoms with E-state index in [2.05, 4.69) is 20.5 Å². The van der Waals surface area contributed by atoms with Gasteiger partial charge in [0.1, 0.15) is 17.6 Å². The van der Waals surface area contributed by atoms with Crippen LogP contribution < -0.4 is 10.6 Å². The third-order valence-electron chi connectivity index (χ3n) is 3.49. The van der Waals surface area contributed by atoms with Crippen molar-refractivity contribution < 1.29 is 9.72 Å². The first kappa shape index (κ1) is 15.2. The predicted molar refractivity (Wildman–Crippen MR) is 78.4 cm³/mol. The van der Waals surface area contributed by atoms with Gasteiger partial charge in [0.25, 0.3) is 11.6 Å². The fourth-order valence-corrected chi connectivity index (χ4v) is 2.34. The molecule has 0 atom stereocenters. The molecule has 2 rings (SSSR count). The highest BCUT2D eigenvalue weighted by Gasteiger charge is 2.21. The van der Waals surface area contributed by atoms with Crippen LogP contribution in [0.15, 0.2) is 12.3 Å². The van der Waals surface area contributed by atoms with Crippen molar-refractivity contribution in [2.45, 2.75) is 12.8 Å². The van der Waals surface area contributed by atoms with E-state index in [0.717, 1.165) is 25.8 Å². The number of aromatic nitrogens is 1. The Morgan fingerprint density at radius 2 is 2.19 bits per heavy atom. The lowest BCUT2D eigenvalue weighted by molar-refractivity contribution is -0.385. The van der Waals surface area contributed by atoms with Gasteiger partial charge in [-0.2, -0.15) is 0 Å². The van der Waals surface area contributed by atoms with Gasteiger partial charge in [-0.1, -0.05) is 0 Å². The summed E-state index contributed by atoms with van der Waals surface area (Å²) in [4.78, 5) is 28.6. The smallest absolute Gasteiger partial charge is 0.300 e. The number of nitro groups is 1. The minimum Gasteiger partial charge on any atom is -0.373 e. The number of nitrogens with one attached hydrogen (secondary N) is 2. The number of likely N-dealkylation sites (tertiary alicyclic amines) is 1. The summed E-state index contributed by atoms with van der Waals surface area (Å²) >= 11 is 0. The van der Waals surface area contributed by atoms with Crippen LogP contribution in [0, 0.1) is 10.1 Å². The van der Waals surface area contributed by atoms with Gasteiger partial charge in [-0.15, -0.1) is 0 Å². The lowest BCUT2D eigenvalue weighted by Gasteiger charge is -2.14. The van der Waals surface area contributed by atoms with Gasteiger partial charge < -0.3 is 15.5 Å². The van der Waals surface area contributed by atoms with E-state index in [1.165, 1.54) is 18.9 Å². The molecule has 2 N–H and O–H groups in total. The average Bonchev–Trinajstić information content (AvgIpc) is 2.99. The molecule has 0 saturated carbocycles. The molecule has 1 aliphatic rings. The zero-order chi connectivity index (χ0) is 15.2. The second-order valence-electron chi connectivity index (χ2n) is 4.90. The molecule has 0 spiro atoms. The van der Waals surface area contributed by atoms with Gasteiger partial charge in [0, 0.05) is 26.2 Å². The van der Waals surface area contributed by atoms with Crippen LogP contribution in [0.4, 0.5) is 11.5 Å². The van der Waals surface area contributed by atoms with Crippen LogP contribution >= 0.6 is 0 Å². The van der Waals surface area contributed by atoms with Crippen molar-refractivity contribution in [3.63, 3.8) is 0 Å². The second kappa shape index (κ2) is 6.98. The monoisotopic (exact) mass is 293 g/mol. The number of carbonyl (C=O) groups excluding carboxylic acids is 1. The third-order valence-corrected chi connectivity index (χ3v) is 3.49. The average molecular weight is 293 g/mol. The third kappa shape index (κ3) is 3.88. The van der Waals surface area contributed by atoms with Gasteiger partial charge in [-0.05, 0) is 25.9 Å². The van der Waals surface area contributed by atoms with Crippen molar-refractivity contribution in [3.05, 3.63) is 27.9 Å². The van der Waals surface area contributed by atoms with Gasteiger partial charge >= 0.3 is 0 Å². The molecule has 114 valence electrons. The first-order valence-electron chi connectivity index (χ1n) is 6.94. The Morgan fingerprint density at radius 3 is 2.81 bits per heavy atom. The van der Waals surface area contributed by atoms with E-state index >= 15 is 0 Å². The van der Waals surface area contributed by atoms with Crippen LogP contribution in [0.5, 0.6) is 0 Å². The van der Waals surface area contributed by atoms with Crippen LogP contribution in [0.1, 0.15) is 23.2 Å². The van der Waals surface area contributed by atoms with E-state index in [4.69, 9.17) is 0 Å². The van der Waals surface area contributed by atoms with E-state index in [1.807, 2.05) is 0 Å². The molecule has 2 heterocycles. The molecule has 0 unspecified atom stereocenters. The highest BCUT2D eigenvalue weighted by Crippen LogP contribution is 2.19. The minimum atomic E-state index is -0.595. The summed E-state index contributed by atoms with van der Waals surface area (Å²) in [7, 11) is 1.64. The summed E-state index contributed by atoms with van der Waals surface area (Å²) in [6.07, 6.45) is 3.48. The summed E-state index contributed by atoms with van der Waals surface area (Å²) in [6.45, 7) is 3.35. The molecule has 21 heavy (non-hydrogen) atoms. The molecule has 1 saturated heterocycles.